The lowest BCUT2D eigenvalue weighted by Crippen LogP contribution is -2.37. The number of guanidine groups is 1. The van der Waals surface area contributed by atoms with Crippen LogP contribution in [0.5, 0.6) is 0 Å². The van der Waals surface area contributed by atoms with Gasteiger partial charge in [-0.3, -0.25) is 4.90 Å². The number of benzene rings is 2. The van der Waals surface area contributed by atoms with Crippen LogP contribution in [0.15, 0.2) is 53.5 Å². The van der Waals surface area contributed by atoms with Crippen LogP contribution in [0.1, 0.15) is 23.9 Å². The van der Waals surface area contributed by atoms with E-state index in [2.05, 4.69) is 64.4 Å². The van der Waals surface area contributed by atoms with Gasteiger partial charge in [-0.05, 0) is 30.2 Å². The first-order valence-corrected chi connectivity index (χ1v) is 11.0. The van der Waals surface area contributed by atoms with Crippen LogP contribution in [0.3, 0.4) is 0 Å². The van der Waals surface area contributed by atoms with Gasteiger partial charge in [0.1, 0.15) is 5.82 Å². The van der Waals surface area contributed by atoms with Crippen LogP contribution >= 0.6 is 24.0 Å². The highest BCUT2D eigenvalue weighted by molar-refractivity contribution is 14.0. The minimum atomic E-state index is 0. The lowest BCUT2D eigenvalue weighted by atomic mass is 10.1. The molecule has 2 N–H and O–H groups in total. The number of ether oxygens (including phenoxy) is 1. The second-order valence-corrected chi connectivity index (χ2v) is 7.78. The van der Waals surface area contributed by atoms with E-state index in [0.717, 1.165) is 62.2 Å². The SMILES string of the molecule is CCNC(=NCc1ccccc1CN1CCOCC1)NCc1nc2ccccc2n1C.I. The Hall–Kier alpha value is -2.17. The predicted octanol–water partition coefficient (Wildman–Crippen LogP) is 3.28. The van der Waals surface area contributed by atoms with Gasteiger partial charge in [-0.1, -0.05) is 36.4 Å². The zero-order chi connectivity index (χ0) is 21.5. The molecule has 2 aromatic carbocycles. The monoisotopic (exact) mass is 548 g/mol. The van der Waals surface area contributed by atoms with Gasteiger partial charge >= 0.3 is 0 Å². The molecule has 8 heteroatoms. The third kappa shape index (κ3) is 6.20. The Bertz CT molecular complexity index is 1030. The summed E-state index contributed by atoms with van der Waals surface area (Å²) in [5, 5.41) is 6.79. The Labute approximate surface area is 207 Å². The van der Waals surface area contributed by atoms with Crippen LogP contribution in [0.4, 0.5) is 0 Å². The molecular formula is C24H33IN6O. The second-order valence-electron chi connectivity index (χ2n) is 7.78. The van der Waals surface area contributed by atoms with Gasteiger partial charge in [-0.25, -0.2) is 9.98 Å². The number of rotatable bonds is 7. The summed E-state index contributed by atoms with van der Waals surface area (Å²) < 4.78 is 7.61. The van der Waals surface area contributed by atoms with Crippen molar-refractivity contribution in [1.29, 1.82) is 0 Å². The van der Waals surface area contributed by atoms with Gasteiger partial charge in [0.05, 0.1) is 37.3 Å². The van der Waals surface area contributed by atoms with Gasteiger partial charge in [0.15, 0.2) is 5.96 Å². The Morgan fingerprint density at radius 3 is 2.50 bits per heavy atom. The molecule has 1 fully saturated rings. The van der Waals surface area contributed by atoms with E-state index in [1.165, 1.54) is 11.1 Å². The van der Waals surface area contributed by atoms with Crippen LogP contribution < -0.4 is 10.6 Å². The van der Waals surface area contributed by atoms with Crippen LogP contribution in [-0.4, -0.2) is 53.3 Å². The fourth-order valence-corrected chi connectivity index (χ4v) is 3.89. The van der Waals surface area contributed by atoms with Crippen molar-refractivity contribution in [2.75, 3.05) is 32.8 Å². The summed E-state index contributed by atoms with van der Waals surface area (Å²) in [6.45, 7) is 8.69. The molecule has 1 aliphatic rings. The molecule has 1 aliphatic heterocycles. The first-order chi connectivity index (χ1) is 15.2. The van der Waals surface area contributed by atoms with Crippen molar-refractivity contribution in [3.8, 4) is 0 Å². The Morgan fingerprint density at radius 1 is 1.03 bits per heavy atom. The zero-order valence-corrected chi connectivity index (χ0v) is 21.2. The molecule has 0 radical (unpaired) electrons. The number of nitrogens with zero attached hydrogens (tertiary/aromatic N) is 4. The molecule has 0 bridgehead atoms. The Kier molecular flexibility index (Phi) is 9.31. The molecule has 4 rings (SSSR count). The molecule has 0 aliphatic carbocycles. The molecule has 0 amide bonds. The number of nitrogens with one attached hydrogen (secondary N) is 2. The fraction of sp³-hybridized carbons (Fsp3) is 0.417. The largest absolute Gasteiger partial charge is 0.379 e. The Morgan fingerprint density at radius 2 is 1.75 bits per heavy atom. The first kappa shape index (κ1) is 24.5. The maximum Gasteiger partial charge on any atom is 0.191 e. The number of para-hydroxylation sites is 2. The molecule has 172 valence electrons. The zero-order valence-electron chi connectivity index (χ0n) is 18.9. The van der Waals surface area contributed by atoms with Crippen LogP contribution in [0.2, 0.25) is 0 Å². The predicted molar refractivity (Wildman–Crippen MR) is 140 cm³/mol. The number of morpholine rings is 1. The van der Waals surface area contributed by atoms with Crippen molar-refractivity contribution in [2.45, 2.75) is 26.6 Å². The molecule has 32 heavy (non-hydrogen) atoms. The van der Waals surface area contributed by atoms with E-state index < -0.39 is 0 Å². The molecule has 0 atom stereocenters. The number of fused-ring (bicyclic) bond motifs is 1. The summed E-state index contributed by atoms with van der Waals surface area (Å²) in [5.41, 5.74) is 4.74. The van der Waals surface area contributed by atoms with E-state index >= 15 is 0 Å². The van der Waals surface area contributed by atoms with E-state index in [9.17, 15) is 0 Å². The minimum absolute atomic E-state index is 0. The molecule has 1 aromatic heterocycles. The van der Waals surface area contributed by atoms with Gasteiger partial charge in [0, 0.05) is 33.2 Å². The number of aliphatic imine (C=N–C) groups is 1. The quantitative estimate of drug-likeness (QED) is 0.270. The van der Waals surface area contributed by atoms with Gasteiger partial charge in [0.2, 0.25) is 0 Å². The molecule has 7 nitrogen and oxygen atoms in total. The highest BCUT2D eigenvalue weighted by Gasteiger charge is 2.13. The molecular weight excluding hydrogens is 515 g/mol. The maximum atomic E-state index is 5.48. The summed E-state index contributed by atoms with van der Waals surface area (Å²) in [6, 6.07) is 16.8. The molecule has 3 aromatic rings. The number of imidazole rings is 1. The van der Waals surface area contributed by atoms with E-state index in [4.69, 9.17) is 14.7 Å². The summed E-state index contributed by atoms with van der Waals surface area (Å²) in [4.78, 5) is 12.0. The van der Waals surface area contributed by atoms with Gasteiger partial charge < -0.3 is 19.9 Å². The normalized spacial score (nSPS) is 14.9. The third-order valence-electron chi connectivity index (χ3n) is 5.66. The average Bonchev–Trinajstić information content (AvgIpc) is 3.13. The lowest BCUT2D eigenvalue weighted by Gasteiger charge is -2.27. The molecule has 2 heterocycles. The van der Waals surface area contributed by atoms with Crippen molar-refractivity contribution < 1.29 is 4.74 Å². The highest BCUT2D eigenvalue weighted by Crippen LogP contribution is 2.15. The lowest BCUT2D eigenvalue weighted by molar-refractivity contribution is 0.0341. The van der Waals surface area contributed by atoms with E-state index in [1.807, 2.05) is 18.2 Å². The summed E-state index contributed by atoms with van der Waals surface area (Å²) >= 11 is 0. The van der Waals surface area contributed by atoms with Gasteiger partial charge in [0.25, 0.3) is 0 Å². The van der Waals surface area contributed by atoms with Crippen molar-refractivity contribution in [1.82, 2.24) is 25.1 Å². The minimum Gasteiger partial charge on any atom is -0.379 e. The number of hydrogen-bond donors (Lipinski definition) is 2. The van der Waals surface area contributed by atoms with Crippen molar-refractivity contribution in [3.05, 3.63) is 65.5 Å². The average molecular weight is 548 g/mol. The maximum absolute atomic E-state index is 5.48. The summed E-state index contributed by atoms with van der Waals surface area (Å²) in [6.07, 6.45) is 0. The third-order valence-corrected chi connectivity index (χ3v) is 5.66. The van der Waals surface area contributed by atoms with Gasteiger partial charge in [-0.15, -0.1) is 24.0 Å². The van der Waals surface area contributed by atoms with Crippen LogP contribution in [0, 0.1) is 0 Å². The van der Waals surface area contributed by atoms with E-state index in [-0.39, 0.29) is 24.0 Å². The highest BCUT2D eigenvalue weighted by atomic mass is 127. The molecule has 1 saturated heterocycles. The number of aromatic nitrogens is 2. The van der Waals surface area contributed by atoms with Crippen molar-refractivity contribution in [3.63, 3.8) is 0 Å². The summed E-state index contributed by atoms with van der Waals surface area (Å²) in [7, 11) is 2.05. The smallest absolute Gasteiger partial charge is 0.191 e. The molecule has 0 unspecified atom stereocenters. The molecule has 0 spiro atoms. The Balaban J connectivity index is 0.00000289. The standard InChI is InChI=1S/C24H32N6O.HI/c1-3-25-24(27-17-23-28-21-10-6-7-11-22(21)29(23)2)26-16-19-8-4-5-9-20(19)18-30-12-14-31-15-13-30;/h4-11H,3,12-18H2,1-2H3,(H2,25,26,27);1H. The van der Waals surface area contributed by atoms with Crippen molar-refractivity contribution in [2.24, 2.45) is 12.0 Å². The summed E-state index contributed by atoms with van der Waals surface area (Å²) in [5.74, 6) is 1.79. The first-order valence-electron chi connectivity index (χ1n) is 11.0. The number of aryl methyl sites for hydroxylation is 1. The van der Waals surface area contributed by atoms with Crippen LogP contribution in [0.25, 0.3) is 11.0 Å². The van der Waals surface area contributed by atoms with Crippen molar-refractivity contribution >= 4 is 41.0 Å². The fourth-order valence-electron chi connectivity index (χ4n) is 3.89. The molecule has 0 saturated carbocycles. The number of halogens is 1. The van der Waals surface area contributed by atoms with E-state index in [0.29, 0.717) is 13.1 Å². The van der Waals surface area contributed by atoms with Crippen LogP contribution in [-0.2, 0) is 31.4 Å². The second kappa shape index (κ2) is 12.2. The number of hydrogen-bond acceptors (Lipinski definition) is 4. The van der Waals surface area contributed by atoms with E-state index in [1.54, 1.807) is 0 Å². The topological polar surface area (TPSA) is 66.7 Å². The van der Waals surface area contributed by atoms with Gasteiger partial charge in [-0.2, -0.15) is 0 Å².